The number of anilines is 1. The van der Waals surface area contributed by atoms with Crippen LogP contribution in [0.25, 0.3) is 0 Å². The van der Waals surface area contributed by atoms with Crippen LogP contribution in [-0.4, -0.2) is 11.7 Å². The standard InChI is InChI=1S/C20H30BrNO2/c1-3-5-7-9-14-19(23)18(13-8-6-4-2)20(24)22-17-12-10-11-16(21)15-17/h10-12,15,18H,3-9,13-14H2,1-2H3,(H,22,24). The van der Waals surface area contributed by atoms with Gasteiger partial charge >= 0.3 is 0 Å². The first-order valence-corrected chi connectivity index (χ1v) is 9.96. The van der Waals surface area contributed by atoms with Gasteiger partial charge in [-0.3, -0.25) is 9.59 Å². The predicted octanol–water partition coefficient (Wildman–Crippen LogP) is 6.12. The minimum Gasteiger partial charge on any atom is -0.325 e. The number of carbonyl (C=O) groups is 2. The van der Waals surface area contributed by atoms with Crippen molar-refractivity contribution in [2.45, 2.75) is 71.6 Å². The fraction of sp³-hybridized carbons (Fsp3) is 0.600. The fourth-order valence-corrected chi connectivity index (χ4v) is 3.13. The number of unbranched alkanes of at least 4 members (excludes halogenated alkanes) is 5. The molecule has 0 saturated carbocycles. The van der Waals surface area contributed by atoms with Gasteiger partial charge in [0.1, 0.15) is 5.78 Å². The number of hydrogen-bond acceptors (Lipinski definition) is 2. The van der Waals surface area contributed by atoms with Crippen molar-refractivity contribution >= 4 is 33.3 Å². The number of hydrogen-bond donors (Lipinski definition) is 1. The van der Waals surface area contributed by atoms with E-state index in [0.29, 0.717) is 12.8 Å². The molecule has 1 amide bonds. The van der Waals surface area contributed by atoms with Gasteiger partial charge in [0.2, 0.25) is 5.91 Å². The van der Waals surface area contributed by atoms with E-state index in [2.05, 4.69) is 35.1 Å². The Labute approximate surface area is 154 Å². The Hall–Kier alpha value is -1.16. The summed E-state index contributed by atoms with van der Waals surface area (Å²) in [6.45, 7) is 4.28. The third-order valence-corrected chi connectivity index (χ3v) is 4.66. The summed E-state index contributed by atoms with van der Waals surface area (Å²) < 4.78 is 0.911. The molecule has 0 aromatic heterocycles. The SMILES string of the molecule is CCCCCCC(=O)C(CCCCC)C(=O)Nc1cccc(Br)c1. The second-order valence-electron chi connectivity index (χ2n) is 6.32. The van der Waals surface area contributed by atoms with Crippen LogP contribution in [-0.2, 0) is 9.59 Å². The molecule has 1 unspecified atom stereocenters. The Morgan fingerprint density at radius 3 is 2.42 bits per heavy atom. The molecular weight excluding hydrogens is 366 g/mol. The lowest BCUT2D eigenvalue weighted by Gasteiger charge is -2.16. The van der Waals surface area contributed by atoms with Gasteiger partial charge in [-0.1, -0.05) is 74.4 Å². The monoisotopic (exact) mass is 395 g/mol. The molecule has 4 heteroatoms. The van der Waals surface area contributed by atoms with Crippen molar-refractivity contribution in [2.75, 3.05) is 5.32 Å². The Morgan fingerprint density at radius 2 is 1.75 bits per heavy atom. The molecule has 0 saturated heterocycles. The van der Waals surface area contributed by atoms with Crippen LogP contribution in [0.15, 0.2) is 28.7 Å². The summed E-state index contributed by atoms with van der Waals surface area (Å²) in [5, 5.41) is 2.90. The zero-order valence-corrected chi connectivity index (χ0v) is 16.5. The Kier molecular flexibility index (Phi) is 10.6. The van der Waals surface area contributed by atoms with Crippen molar-refractivity contribution < 1.29 is 9.59 Å². The first kappa shape index (κ1) is 20.9. The molecule has 0 spiro atoms. The average Bonchev–Trinajstić information content (AvgIpc) is 2.55. The Morgan fingerprint density at radius 1 is 1.04 bits per heavy atom. The van der Waals surface area contributed by atoms with Crippen LogP contribution < -0.4 is 5.32 Å². The van der Waals surface area contributed by atoms with Gasteiger partial charge in [0.15, 0.2) is 0 Å². The molecule has 0 fully saturated rings. The fourth-order valence-electron chi connectivity index (χ4n) is 2.73. The molecule has 24 heavy (non-hydrogen) atoms. The van der Waals surface area contributed by atoms with Crippen LogP contribution in [0.5, 0.6) is 0 Å². The molecule has 0 aliphatic heterocycles. The van der Waals surface area contributed by atoms with Gasteiger partial charge in [-0.15, -0.1) is 0 Å². The number of amides is 1. The van der Waals surface area contributed by atoms with Crippen LogP contribution in [0.2, 0.25) is 0 Å². The molecule has 0 radical (unpaired) electrons. The maximum Gasteiger partial charge on any atom is 0.234 e. The van der Waals surface area contributed by atoms with Gasteiger partial charge < -0.3 is 5.32 Å². The summed E-state index contributed by atoms with van der Waals surface area (Å²) in [4.78, 5) is 25.1. The van der Waals surface area contributed by atoms with E-state index in [4.69, 9.17) is 0 Å². The van der Waals surface area contributed by atoms with Crippen LogP contribution in [0.4, 0.5) is 5.69 Å². The van der Waals surface area contributed by atoms with Crippen molar-refractivity contribution in [3.63, 3.8) is 0 Å². The summed E-state index contributed by atoms with van der Waals surface area (Å²) in [7, 11) is 0. The van der Waals surface area contributed by atoms with Gasteiger partial charge in [-0.2, -0.15) is 0 Å². The van der Waals surface area contributed by atoms with Gasteiger partial charge in [0.25, 0.3) is 0 Å². The lowest BCUT2D eigenvalue weighted by atomic mass is 9.92. The smallest absolute Gasteiger partial charge is 0.234 e. The van der Waals surface area contributed by atoms with Crippen molar-refractivity contribution in [2.24, 2.45) is 5.92 Å². The number of benzene rings is 1. The highest BCUT2D eigenvalue weighted by Crippen LogP contribution is 2.20. The second-order valence-corrected chi connectivity index (χ2v) is 7.24. The first-order chi connectivity index (χ1) is 11.6. The molecule has 134 valence electrons. The Balaban J connectivity index is 2.64. The lowest BCUT2D eigenvalue weighted by Crippen LogP contribution is -2.29. The minimum absolute atomic E-state index is 0.0923. The number of rotatable bonds is 12. The van der Waals surface area contributed by atoms with E-state index in [1.54, 1.807) is 0 Å². The highest BCUT2D eigenvalue weighted by atomic mass is 79.9. The van der Waals surface area contributed by atoms with E-state index in [0.717, 1.165) is 55.1 Å². The maximum atomic E-state index is 12.6. The van der Waals surface area contributed by atoms with Crippen molar-refractivity contribution in [3.8, 4) is 0 Å². The summed E-state index contributed by atoms with van der Waals surface area (Å²) in [5.41, 5.74) is 0.730. The highest BCUT2D eigenvalue weighted by molar-refractivity contribution is 9.10. The number of nitrogens with one attached hydrogen (secondary N) is 1. The minimum atomic E-state index is -0.517. The normalized spacial score (nSPS) is 12.0. The number of ketones is 1. The lowest BCUT2D eigenvalue weighted by molar-refractivity contribution is -0.131. The maximum absolute atomic E-state index is 12.6. The predicted molar refractivity (Wildman–Crippen MR) is 104 cm³/mol. The Bertz CT molecular complexity index is 516. The molecule has 1 aromatic rings. The van der Waals surface area contributed by atoms with Crippen molar-refractivity contribution in [3.05, 3.63) is 28.7 Å². The molecular formula is C20H30BrNO2. The summed E-state index contributed by atoms with van der Waals surface area (Å²) in [5.74, 6) is -0.587. The third-order valence-electron chi connectivity index (χ3n) is 4.17. The molecule has 0 aliphatic rings. The zero-order chi connectivity index (χ0) is 17.8. The molecule has 0 aliphatic carbocycles. The van der Waals surface area contributed by atoms with Gasteiger partial charge in [0, 0.05) is 16.6 Å². The molecule has 1 rings (SSSR count). The highest BCUT2D eigenvalue weighted by Gasteiger charge is 2.25. The van der Waals surface area contributed by atoms with Crippen molar-refractivity contribution in [1.29, 1.82) is 0 Å². The van der Waals surface area contributed by atoms with E-state index in [-0.39, 0.29) is 11.7 Å². The third kappa shape index (κ3) is 8.09. The topological polar surface area (TPSA) is 46.2 Å². The van der Waals surface area contributed by atoms with E-state index in [9.17, 15) is 9.59 Å². The summed E-state index contributed by atoms with van der Waals surface area (Å²) in [6, 6.07) is 7.48. The number of Topliss-reactive ketones (excluding diaryl/α,β-unsaturated/α-hetero) is 1. The molecule has 3 nitrogen and oxygen atoms in total. The van der Waals surface area contributed by atoms with E-state index < -0.39 is 5.92 Å². The van der Waals surface area contributed by atoms with E-state index in [1.807, 2.05) is 24.3 Å². The largest absolute Gasteiger partial charge is 0.325 e. The van der Waals surface area contributed by atoms with Crippen LogP contribution in [0, 0.1) is 5.92 Å². The van der Waals surface area contributed by atoms with E-state index >= 15 is 0 Å². The van der Waals surface area contributed by atoms with Gasteiger partial charge in [-0.25, -0.2) is 0 Å². The first-order valence-electron chi connectivity index (χ1n) is 9.17. The number of halogens is 1. The molecule has 1 aromatic carbocycles. The molecule has 0 heterocycles. The number of carbonyl (C=O) groups excluding carboxylic acids is 2. The zero-order valence-electron chi connectivity index (χ0n) is 14.9. The average molecular weight is 396 g/mol. The van der Waals surface area contributed by atoms with Gasteiger partial charge in [-0.05, 0) is 31.0 Å². The quantitative estimate of drug-likeness (QED) is 0.342. The molecule has 1 atom stereocenters. The van der Waals surface area contributed by atoms with Gasteiger partial charge in [0.05, 0.1) is 5.92 Å². The van der Waals surface area contributed by atoms with Crippen molar-refractivity contribution in [1.82, 2.24) is 0 Å². The molecule has 1 N–H and O–H groups in total. The van der Waals surface area contributed by atoms with E-state index in [1.165, 1.54) is 0 Å². The van der Waals surface area contributed by atoms with Crippen LogP contribution >= 0.6 is 15.9 Å². The van der Waals surface area contributed by atoms with Crippen LogP contribution in [0.1, 0.15) is 71.6 Å². The van der Waals surface area contributed by atoms with Crippen LogP contribution in [0.3, 0.4) is 0 Å². The summed E-state index contributed by atoms with van der Waals surface area (Å²) in [6.07, 6.45) is 8.50. The summed E-state index contributed by atoms with van der Waals surface area (Å²) >= 11 is 3.40. The second kappa shape index (κ2) is 12.2. The molecule has 0 bridgehead atoms.